The van der Waals surface area contributed by atoms with E-state index < -0.39 is 0 Å². The maximum Gasteiger partial charge on any atom is 0.0702 e. The molecule has 1 heterocycles. The largest absolute Gasteiger partial charge is 0.271 e. The number of hydrogen-bond donors (Lipinski definition) is 2. The van der Waals surface area contributed by atoms with Crippen molar-refractivity contribution in [2.45, 2.75) is 25.1 Å². The van der Waals surface area contributed by atoms with Crippen LogP contribution in [-0.2, 0) is 0 Å². The third-order valence-electron chi connectivity index (χ3n) is 2.81. The number of nitrogens with one attached hydrogen (secondary N) is 1. The summed E-state index contributed by atoms with van der Waals surface area (Å²) in [5.41, 5.74) is 5.04. The lowest BCUT2D eigenvalue weighted by atomic mass is 10.1. The van der Waals surface area contributed by atoms with Gasteiger partial charge in [-0.1, -0.05) is 32.0 Å². The van der Waals surface area contributed by atoms with Crippen molar-refractivity contribution in [3.8, 4) is 0 Å². The van der Waals surface area contributed by atoms with Gasteiger partial charge in [-0.15, -0.1) is 0 Å². The van der Waals surface area contributed by atoms with Gasteiger partial charge in [0.15, 0.2) is 0 Å². The lowest BCUT2D eigenvalue weighted by Gasteiger charge is -2.17. The highest BCUT2D eigenvalue weighted by Gasteiger charge is 2.11. The van der Waals surface area contributed by atoms with Crippen LogP contribution in [0.3, 0.4) is 0 Å². The molecule has 0 aliphatic heterocycles. The van der Waals surface area contributed by atoms with E-state index in [0.717, 1.165) is 22.2 Å². The van der Waals surface area contributed by atoms with Gasteiger partial charge in [-0.25, -0.2) is 0 Å². The molecule has 0 aliphatic rings. The molecule has 0 saturated heterocycles. The summed E-state index contributed by atoms with van der Waals surface area (Å²) in [4.78, 5) is 4.47. The van der Waals surface area contributed by atoms with Gasteiger partial charge < -0.3 is 0 Å². The third-order valence-corrected chi connectivity index (χ3v) is 4.00. The van der Waals surface area contributed by atoms with E-state index in [1.165, 1.54) is 0 Å². The van der Waals surface area contributed by atoms with Crippen molar-refractivity contribution in [2.75, 3.05) is 5.75 Å². The molecule has 0 spiro atoms. The Morgan fingerprint density at radius 3 is 2.83 bits per heavy atom. The second kappa shape index (κ2) is 6.18. The molecule has 0 radical (unpaired) electrons. The smallest absolute Gasteiger partial charge is 0.0702 e. The van der Waals surface area contributed by atoms with Crippen molar-refractivity contribution in [3.63, 3.8) is 0 Å². The zero-order valence-electron chi connectivity index (χ0n) is 10.8. The zero-order chi connectivity index (χ0) is 13.0. The number of aromatic nitrogens is 1. The van der Waals surface area contributed by atoms with E-state index >= 15 is 0 Å². The van der Waals surface area contributed by atoms with Gasteiger partial charge in [0, 0.05) is 17.3 Å². The highest BCUT2D eigenvalue weighted by Crippen LogP contribution is 2.22. The van der Waals surface area contributed by atoms with E-state index in [1.54, 1.807) is 0 Å². The average Bonchev–Trinajstić information content (AvgIpc) is 2.39. The third kappa shape index (κ3) is 3.22. The first-order valence-electron chi connectivity index (χ1n) is 6.13. The lowest BCUT2D eigenvalue weighted by Crippen LogP contribution is -2.30. The molecule has 2 rings (SSSR count). The molecule has 0 amide bonds. The molecule has 3 nitrogen and oxygen atoms in total. The van der Waals surface area contributed by atoms with Crippen molar-refractivity contribution >= 4 is 22.7 Å². The van der Waals surface area contributed by atoms with Crippen LogP contribution in [0.1, 0.15) is 25.5 Å². The van der Waals surface area contributed by atoms with Crippen LogP contribution in [0.2, 0.25) is 0 Å². The minimum Gasteiger partial charge on any atom is -0.271 e. The number of pyridine rings is 1. The highest BCUT2D eigenvalue weighted by molar-refractivity contribution is 7.99. The predicted octanol–water partition coefficient (Wildman–Crippen LogP) is 2.88. The molecule has 1 atom stereocenters. The number of hydrazine groups is 1. The minimum absolute atomic E-state index is 0.148. The molecule has 0 saturated carbocycles. The van der Waals surface area contributed by atoms with Crippen LogP contribution < -0.4 is 11.3 Å². The van der Waals surface area contributed by atoms with E-state index in [0.29, 0.717) is 5.25 Å². The van der Waals surface area contributed by atoms with Gasteiger partial charge in [-0.05, 0) is 22.9 Å². The Labute approximate surface area is 112 Å². The summed E-state index contributed by atoms with van der Waals surface area (Å²) in [6.07, 6.45) is 1.91. The van der Waals surface area contributed by atoms with Crippen LogP contribution in [0, 0.1) is 0 Å². The summed E-state index contributed by atoms with van der Waals surface area (Å²) < 4.78 is 0. The number of benzene rings is 1. The lowest BCUT2D eigenvalue weighted by molar-refractivity contribution is 0.609. The molecule has 0 aliphatic carbocycles. The Morgan fingerprint density at radius 2 is 2.11 bits per heavy atom. The fourth-order valence-electron chi connectivity index (χ4n) is 1.81. The number of hydrogen-bond acceptors (Lipinski definition) is 4. The summed E-state index contributed by atoms with van der Waals surface area (Å²) in [5.74, 6) is 6.60. The number of nitrogens with zero attached hydrogens (tertiary/aromatic N) is 1. The molecule has 2 aromatic rings. The molecule has 0 bridgehead atoms. The number of para-hydroxylation sites is 1. The fraction of sp³-hybridized carbons (Fsp3) is 0.357. The number of rotatable bonds is 5. The molecular weight excluding hydrogens is 242 g/mol. The van der Waals surface area contributed by atoms with Gasteiger partial charge in [0.1, 0.15) is 0 Å². The van der Waals surface area contributed by atoms with Crippen LogP contribution in [0.25, 0.3) is 10.9 Å². The van der Waals surface area contributed by atoms with E-state index in [2.05, 4.69) is 36.4 Å². The number of nitrogens with two attached hydrogens (primary N) is 1. The first-order valence-corrected chi connectivity index (χ1v) is 7.18. The zero-order valence-corrected chi connectivity index (χ0v) is 11.6. The maximum atomic E-state index is 5.64. The highest BCUT2D eigenvalue weighted by atomic mass is 32.2. The molecule has 3 N–H and O–H groups in total. The summed E-state index contributed by atoms with van der Waals surface area (Å²) >= 11 is 1.89. The van der Waals surface area contributed by atoms with Crippen LogP contribution in [0.4, 0.5) is 0 Å². The molecule has 0 fully saturated rings. The van der Waals surface area contributed by atoms with Crippen molar-refractivity contribution < 1.29 is 0 Å². The topological polar surface area (TPSA) is 50.9 Å². The summed E-state index contributed by atoms with van der Waals surface area (Å²) in [6.45, 7) is 4.38. The van der Waals surface area contributed by atoms with E-state index in [-0.39, 0.29) is 6.04 Å². The fourth-order valence-corrected chi connectivity index (χ4v) is 2.67. The van der Waals surface area contributed by atoms with E-state index in [1.807, 2.05) is 36.2 Å². The standard InChI is InChI=1S/C14H19N3S/c1-10(2)18-9-14(17-15)12-7-11-5-3-4-6-13(11)16-8-12/h3-8,10,14,17H,9,15H2,1-2H3. The van der Waals surface area contributed by atoms with Gasteiger partial charge in [-0.3, -0.25) is 16.3 Å². The van der Waals surface area contributed by atoms with E-state index in [9.17, 15) is 0 Å². The SMILES string of the molecule is CC(C)SCC(NN)c1cnc2ccccc2c1. The quantitative estimate of drug-likeness (QED) is 0.642. The summed E-state index contributed by atoms with van der Waals surface area (Å²) in [6, 6.07) is 10.4. The average molecular weight is 261 g/mol. The molecule has 1 unspecified atom stereocenters. The Hall–Kier alpha value is -1.10. The number of thioether (sulfide) groups is 1. The monoisotopic (exact) mass is 261 g/mol. The molecular formula is C14H19N3S. The van der Waals surface area contributed by atoms with Gasteiger partial charge in [-0.2, -0.15) is 11.8 Å². The Balaban J connectivity index is 2.22. The van der Waals surface area contributed by atoms with Crippen LogP contribution >= 0.6 is 11.8 Å². The summed E-state index contributed by atoms with van der Waals surface area (Å²) in [7, 11) is 0. The van der Waals surface area contributed by atoms with Gasteiger partial charge >= 0.3 is 0 Å². The van der Waals surface area contributed by atoms with Gasteiger partial charge in [0.05, 0.1) is 11.6 Å². The molecule has 18 heavy (non-hydrogen) atoms. The first-order chi connectivity index (χ1) is 8.70. The van der Waals surface area contributed by atoms with Crippen molar-refractivity contribution in [1.29, 1.82) is 0 Å². The van der Waals surface area contributed by atoms with Gasteiger partial charge in [0.25, 0.3) is 0 Å². The molecule has 1 aromatic carbocycles. The van der Waals surface area contributed by atoms with Crippen molar-refractivity contribution in [2.24, 2.45) is 5.84 Å². The van der Waals surface area contributed by atoms with Crippen molar-refractivity contribution in [1.82, 2.24) is 10.4 Å². The second-order valence-corrected chi connectivity index (χ2v) is 6.17. The second-order valence-electron chi connectivity index (χ2n) is 4.56. The molecule has 96 valence electrons. The molecule has 4 heteroatoms. The van der Waals surface area contributed by atoms with Crippen molar-refractivity contribution in [3.05, 3.63) is 42.1 Å². The first kappa shape index (κ1) is 13.3. The Bertz CT molecular complexity index is 513. The predicted molar refractivity (Wildman–Crippen MR) is 79.4 cm³/mol. The number of fused-ring (bicyclic) bond motifs is 1. The Kier molecular flexibility index (Phi) is 4.58. The molecule has 1 aromatic heterocycles. The Morgan fingerprint density at radius 1 is 1.33 bits per heavy atom. The summed E-state index contributed by atoms with van der Waals surface area (Å²) in [5, 5.41) is 1.76. The minimum atomic E-state index is 0.148. The van der Waals surface area contributed by atoms with Crippen LogP contribution in [0.15, 0.2) is 36.5 Å². The van der Waals surface area contributed by atoms with Crippen LogP contribution in [0.5, 0.6) is 0 Å². The van der Waals surface area contributed by atoms with E-state index in [4.69, 9.17) is 5.84 Å². The normalized spacial score (nSPS) is 13.1. The maximum absolute atomic E-state index is 5.64. The van der Waals surface area contributed by atoms with Crippen LogP contribution in [-0.4, -0.2) is 16.0 Å². The van der Waals surface area contributed by atoms with Gasteiger partial charge in [0.2, 0.25) is 0 Å².